The van der Waals surface area contributed by atoms with Gasteiger partial charge in [-0.05, 0) is 18.6 Å². The monoisotopic (exact) mass is 479 g/mol. The van der Waals surface area contributed by atoms with Crippen LogP contribution in [0, 0.1) is 0 Å². The summed E-state index contributed by atoms with van der Waals surface area (Å²) in [6.45, 7) is 3.96. The summed E-state index contributed by atoms with van der Waals surface area (Å²) in [4.78, 5) is 28.3. The third-order valence-corrected chi connectivity index (χ3v) is 6.41. The average molecular weight is 480 g/mol. The van der Waals surface area contributed by atoms with Gasteiger partial charge >= 0.3 is 0 Å². The van der Waals surface area contributed by atoms with Gasteiger partial charge in [-0.3, -0.25) is 19.2 Å². The number of aromatic nitrogens is 3. The molecule has 10 nitrogen and oxygen atoms in total. The van der Waals surface area contributed by atoms with Crippen LogP contribution < -0.4 is 25.1 Å². The maximum atomic E-state index is 13.2. The Labute approximate surface area is 203 Å². The number of methoxy groups -OCH3 is 1. The Balaban J connectivity index is 1.31. The van der Waals surface area contributed by atoms with E-state index in [1.165, 1.54) is 13.2 Å². The van der Waals surface area contributed by atoms with Gasteiger partial charge in [0.1, 0.15) is 11.3 Å². The average Bonchev–Trinajstić information content (AvgIpc) is 3.52. The number of hydrogen-bond acceptors (Lipinski definition) is 7. The third-order valence-electron chi connectivity index (χ3n) is 6.41. The van der Waals surface area contributed by atoms with E-state index in [1.54, 1.807) is 10.8 Å². The number of carbonyl (C=O) groups excluding carboxylic acids is 1. The Morgan fingerprint density at radius 3 is 2.94 bits per heavy atom. The zero-order valence-corrected chi connectivity index (χ0v) is 19.7. The summed E-state index contributed by atoms with van der Waals surface area (Å²) in [6.07, 6.45) is 4.92. The van der Waals surface area contributed by atoms with Crippen LogP contribution in [0.4, 0.5) is 0 Å². The molecular formula is C25H29N5O5. The molecule has 1 amide bonds. The minimum Gasteiger partial charge on any atom is -0.496 e. The molecule has 35 heavy (non-hydrogen) atoms. The van der Waals surface area contributed by atoms with Crippen LogP contribution in [-0.4, -0.2) is 58.7 Å². The topological polar surface area (TPSA) is 99.8 Å². The van der Waals surface area contributed by atoms with E-state index < -0.39 is 0 Å². The molecule has 1 aromatic carbocycles. The number of carbonyl (C=O) groups is 1. The van der Waals surface area contributed by atoms with Crippen molar-refractivity contribution in [2.75, 3.05) is 33.5 Å². The van der Waals surface area contributed by atoms with Crippen molar-refractivity contribution >= 4 is 5.91 Å². The smallest absolute Gasteiger partial charge is 0.256 e. The van der Waals surface area contributed by atoms with Gasteiger partial charge in [0.15, 0.2) is 11.5 Å². The molecule has 0 unspecified atom stereocenters. The maximum absolute atomic E-state index is 13.2. The number of para-hydroxylation sites is 1. The lowest BCUT2D eigenvalue weighted by Gasteiger charge is -2.20. The molecule has 0 radical (unpaired) electrons. The molecule has 0 fully saturated rings. The van der Waals surface area contributed by atoms with Gasteiger partial charge in [-0.15, -0.1) is 0 Å². The number of nitrogens with one attached hydrogen (secondary N) is 1. The van der Waals surface area contributed by atoms with E-state index in [2.05, 4.69) is 15.3 Å². The highest BCUT2D eigenvalue weighted by atomic mass is 16.7. The van der Waals surface area contributed by atoms with E-state index >= 15 is 0 Å². The predicted molar refractivity (Wildman–Crippen MR) is 128 cm³/mol. The number of benzene rings is 1. The third kappa shape index (κ3) is 4.88. The van der Waals surface area contributed by atoms with Gasteiger partial charge in [0, 0.05) is 75.4 Å². The molecule has 0 saturated carbocycles. The van der Waals surface area contributed by atoms with Crippen LogP contribution in [0.15, 0.2) is 47.5 Å². The van der Waals surface area contributed by atoms with Gasteiger partial charge < -0.3 is 24.1 Å². The van der Waals surface area contributed by atoms with Crippen LogP contribution in [0.2, 0.25) is 0 Å². The van der Waals surface area contributed by atoms with Crippen molar-refractivity contribution in [3.8, 4) is 17.2 Å². The van der Waals surface area contributed by atoms with E-state index in [0.29, 0.717) is 62.7 Å². The number of nitrogens with zero attached hydrogens (tertiary/aromatic N) is 4. The zero-order chi connectivity index (χ0) is 24.2. The van der Waals surface area contributed by atoms with Crippen molar-refractivity contribution in [2.45, 2.75) is 32.5 Å². The summed E-state index contributed by atoms with van der Waals surface area (Å²) in [5.41, 5.74) is 2.03. The number of amides is 1. The Morgan fingerprint density at radius 2 is 2.11 bits per heavy atom. The normalized spacial score (nSPS) is 14.9. The van der Waals surface area contributed by atoms with Crippen molar-refractivity contribution < 1.29 is 19.0 Å². The summed E-state index contributed by atoms with van der Waals surface area (Å²) in [5, 5.41) is 7.16. The Hall–Kier alpha value is -3.79. The van der Waals surface area contributed by atoms with Crippen LogP contribution in [-0.2, 0) is 26.1 Å². The van der Waals surface area contributed by atoms with Gasteiger partial charge in [-0.2, -0.15) is 5.10 Å². The van der Waals surface area contributed by atoms with Crippen molar-refractivity contribution in [1.29, 1.82) is 0 Å². The molecule has 184 valence electrons. The zero-order valence-electron chi connectivity index (χ0n) is 19.7. The van der Waals surface area contributed by atoms with Crippen molar-refractivity contribution in [3.63, 3.8) is 0 Å². The van der Waals surface area contributed by atoms with Crippen molar-refractivity contribution in [1.82, 2.24) is 24.6 Å². The Bertz CT molecular complexity index is 1250. The molecule has 2 aromatic heterocycles. The van der Waals surface area contributed by atoms with Crippen LogP contribution in [0.5, 0.6) is 17.2 Å². The number of hydrogen-bond donors (Lipinski definition) is 1. The van der Waals surface area contributed by atoms with E-state index in [9.17, 15) is 9.59 Å². The highest BCUT2D eigenvalue weighted by Gasteiger charge is 2.26. The number of fused-ring (bicyclic) bond motifs is 2. The van der Waals surface area contributed by atoms with Crippen LogP contribution in [0.25, 0.3) is 0 Å². The van der Waals surface area contributed by atoms with E-state index in [4.69, 9.17) is 14.2 Å². The predicted octanol–water partition coefficient (Wildman–Crippen LogP) is 1.66. The van der Waals surface area contributed by atoms with Gasteiger partial charge in [-0.25, -0.2) is 0 Å². The first-order valence-electron chi connectivity index (χ1n) is 11.8. The Kier molecular flexibility index (Phi) is 6.71. The van der Waals surface area contributed by atoms with E-state index in [1.807, 2.05) is 35.1 Å². The lowest BCUT2D eigenvalue weighted by atomic mass is 10.1. The van der Waals surface area contributed by atoms with Gasteiger partial charge in [0.25, 0.3) is 11.5 Å². The fraction of sp³-hybridized carbons (Fsp3) is 0.400. The molecule has 2 aliphatic heterocycles. The van der Waals surface area contributed by atoms with Gasteiger partial charge in [0.05, 0.1) is 7.11 Å². The summed E-state index contributed by atoms with van der Waals surface area (Å²) < 4.78 is 20.1. The molecule has 0 aliphatic carbocycles. The summed E-state index contributed by atoms with van der Waals surface area (Å²) in [7, 11) is 1.49. The van der Waals surface area contributed by atoms with Crippen molar-refractivity contribution in [2.24, 2.45) is 0 Å². The molecule has 0 atom stereocenters. The largest absolute Gasteiger partial charge is 0.496 e. The quantitative estimate of drug-likeness (QED) is 0.491. The first-order chi connectivity index (χ1) is 17.1. The second-order valence-corrected chi connectivity index (χ2v) is 8.58. The lowest BCUT2D eigenvalue weighted by molar-refractivity contribution is 0.0947. The molecular weight excluding hydrogens is 450 g/mol. The molecule has 1 N–H and O–H groups in total. The molecule has 4 heterocycles. The Morgan fingerprint density at radius 1 is 1.20 bits per heavy atom. The first kappa shape index (κ1) is 23.0. The highest BCUT2D eigenvalue weighted by molar-refractivity contribution is 5.98. The summed E-state index contributed by atoms with van der Waals surface area (Å²) >= 11 is 0. The maximum Gasteiger partial charge on any atom is 0.256 e. The molecule has 2 aliphatic rings. The van der Waals surface area contributed by atoms with E-state index in [-0.39, 0.29) is 18.3 Å². The molecule has 10 heteroatoms. The highest BCUT2D eigenvalue weighted by Crippen LogP contribution is 2.36. The standard InChI is InChI=1S/C25H29N5O5/c1-33-21-15-22(31)30-14-13-28(16-18-5-2-6-20-24(18)35-17-34-20)12-7-19(30)23(21)25(32)26-8-3-10-29-11-4-9-27-29/h2,4-6,9,11,15H,3,7-8,10,12-14,16-17H2,1H3,(H,26,32). The second-order valence-electron chi connectivity index (χ2n) is 8.58. The van der Waals surface area contributed by atoms with Crippen LogP contribution in [0.1, 0.15) is 28.0 Å². The molecule has 0 bridgehead atoms. The number of rotatable bonds is 8. The molecule has 0 spiro atoms. The van der Waals surface area contributed by atoms with Gasteiger partial charge in [0.2, 0.25) is 6.79 Å². The lowest BCUT2D eigenvalue weighted by Crippen LogP contribution is -2.32. The van der Waals surface area contributed by atoms with Gasteiger partial charge in [-0.1, -0.05) is 12.1 Å². The van der Waals surface area contributed by atoms with Crippen LogP contribution in [0.3, 0.4) is 0 Å². The molecule has 5 rings (SSSR count). The second kappa shape index (κ2) is 10.2. The molecule has 0 saturated heterocycles. The van der Waals surface area contributed by atoms with E-state index in [0.717, 1.165) is 23.5 Å². The fourth-order valence-corrected chi connectivity index (χ4v) is 4.68. The minimum atomic E-state index is -0.231. The van der Waals surface area contributed by atoms with Crippen molar-refractivity contribution in [3.05, 3.63) is 69.9 Å². The fourth-order valence-electron chi connectivity index (χ4n) is 4.68. The first-order valence-corrected chi connectivity index (χ1v) is 11.8. The number of pyridine rings is 1. The minimum absolute atomic E-state index is 0.161. The summed E-state index contributed by atoms with van der Waals surface area (Å²) in [6, 6.07) is 9.17. The summed E-state index contributed by atoms with van der Waals surface area (Å²) in [5.74, 6) is 1.62. The number of ether oxygens (including phenoxy) is 3. The SMILES string of the molecule is COc1cc(=O)n2c(c1C(=O)NCCCn1cccn1)CCN(Cc1cccc3c1OCO3)CC2. The number of aryl methyl sites for hydroxylation is 1. The van der Waals surface area contributed by atoms with Crippen LogP contribution >= 0.6 is 0 Å². The molecule has 3 aromatic rings.